The van der Waals surface area contributed by atoms with Crippen molar-refractivity contribution in [1.29, 1.82) is 0 Å². The summed E-state index contributed by atoms with van der Waals surface area (Å²) in [6.07, 6.45) is 0.181. The van der Waals surface area contributed by atoms with E-state index in [1.54, 1.807) is 42.5 Å². The van der Waals surface area contributed by atoms with E-state index < -0.39 is 0 Å². The molecule has 0 saturated carbocycles. The second-order valence-corrected chi connectivity index (χ2v) is 4.35. The van der Waals surface area contributed by atoms with Gasteiger partial charge in [0, 0.05) is 5.69 Å². The largest absolute Gasteiger partial charge is 0.508 e. The van der Waals surface area contributed by atoms with Crippen LogP contribution in [-0.4, -0.2) is 18.1 Å². The summed E-state index contributed by atoms with van der Waals surface area (Å²) >= 11 is 0. The molecular weight excluding hydrogens is 256 g/mol. The zero-order valence-corrected chi connectivity index (χ0v) is 11.1. The number of rotatable bonds is 4. The number of benzene rings is 2. The van der Waals surface area contributed by atoms with Crippen molar-refractivity contribution in [3.8, 4) is 11.5 Å². The highest BCUT2D eigenvalue weighted by atomic mass is 16.5. The Kier molecular flexibility index (Phi) is 4.10. The highest BCUT2D eigenvalue weighted by Crippen LogP contribution is 2.24. The molecule has 2 aromatic rings. The first kappa shape index (κ1) is 13.7. The molecule has 2 rings (SSSR count). The second kappa shape index (κ2) is 5.97. The average molecular weight is 272 g/mol. The highest BCUT2D eigenvalue weighted by Gasteiger charge is 2.06. The van der Waals surface area contributed by atoms with Gasteiger partial charge in [-0.2, -0.15) is 0 Å². The lowest BCUT2D eigenvalue weighted by Gasteiger charge is -2.09. The number of carbonyl (C=O) groups excluding carboxylic acids is 1. The summed E-state index contributed by atoms with van der Waals surface area (Å²) in [6.45, 7) is 0. The van der Waals surface area contributed by atoms with Crippen LogP contribution >= 0.6 is 0 Å². The van der Waals surface area contributed by atoms with E-state index in [4.69, 9.17) is 10.5 Å². The molecule has 0 bridgehead atoms. The summed E-state index contributed by atoms with van der Waals surface area (Å²) in [4.78, 5) is 11.9. The fourth-order valence-corrected chi connectivity index (χ4v) is 1.87. The molecule has 0 aliphatic heterocycles. The maximum Gasteiger partial charge on any atom is 0.228 e. The summed E-state index contributed by atoms with van der Waals surface area (Å²) in [5, 5.41) is 12.1. The van der Waals surface area contributed by atoms with Gasteiger partial charge in [0.2, 0.25) is 5.91 Å². The predicted octanol–water partition coefficient (Wildman–Crippen LogP) is 2.16. The molecule has 0 aliphatic rings. The topological polar surface area (TPSA) is 84.6 Å². The van der Waals surface area contributed by atoms with Crippen LogP contribution in [0, 0.1) is 0 Å². The lowest BCUT2D eigenvalue weighted by atomic mass is 10.1. The van der Waals surface area contributed by atoms with Gasteiger partial charge in [0.1, 0.15) is 11.5 Å². The monoisotopic (exact) mass is 272 g/mol. The van der Waals surface area contributed by atoms with Gasteiger partial charge in [0.25, 0.3) is 0 Å². The first-order valence-electron chi connectivity index (χ1n) is 6.10. The number of methoxy groups -OCH3 is 1. The van der Waals surface area contributed by atoms with Crippen molar-refractivity contribution >= 4 is 17.3 Å². The smallest absolute Gasteiger partial charge is 0.228 e. The van der Waals surface area contributed by atoms with Crippen molar-refractivity contribution in [2.75, 3.05) is 18.2 Å². The first-order chi connectivity index (χ1) is 9.58. The molecule has 0 saturated heterocycles. The molecule has 2 aromatic carbocycles. The van der Waals surface area contributed by atoms with E-state index >= 15 is 0 Å². The Morgan fingerprint density at radius 2 is 2.10 bits per heavy atom. The minimum Gasteiger partial charge on any atom is -0.508 e. The van der Waals surface area contributed by atoms with Crippen LogP contribution in [0.5, 0.6) is 11.5 Å². The van der Waals surface area contributed by atoms with E-state index in [2.05, 4.69) is 5.32 Å². The molecule has 0 spiro atoms. The Hall–Kier alpha value is -2.69. The molecule has 104 valence electrons. The summed E-state index contributed by atoms with van der Waals surface area (Å²) in [7, 11) is 1.53. The Morgan fingerprint density at radius 3 is 2.75 bits per heavy atom. The molecule has 0 aromatic heterocycles. The van der Waals surface area contributed by atoms with Gasteiger partial charge in [0.05, 0.1) is 19.2 Å². The van der Waals surface area contributed by atoms with Crippen molar-refractivity contribution in [3.05, 3.63) is 48.0 Å². The standard InChI is InChI=1S/C15H16N2O3/c1-20-14-6-5-11(9-13(14)16)17-15(19)8-10-3-2-4-12(18)7-10/h2-7,9,18H,8,16H2,1H3,(H,17,19). The van der Waals surface area contributed by atoms with E-state index in [0.29, 0.717) is 17.1 Å². The summed E-state index contributed by atoms with van der Waals surface area (Å²) in [5.74, 6) is 0.528. The maximum atomic E-state index is 11.9. The van der Waals surface area contributed by atoms with Gasteiger partial charge in [-0.25, -0.2) is 0 Å². The number of ether oxygens (including phenoxy) is 1. The molecule has 0 unspecified atom stereocenters. The number of phenols is 1. The average Bonchev–Trinajstić information content (AvgIpc) is 2.38. The molecule has 0 aliphatic carbocycles. The van der Waals surface area contributed by atoms with Gasteiger partial charge in [-0.3, -0.25) is 4.79 Å². The Bertz CT molecular complexity index is 626. The number of amides is 1. The minimum atomic E-state index is -0.180. The zero-order chi connectivity index (χ0) is 14.5. The number of hydrogen-bond donors (Lipinski definition) is 3. The molecule has 0 fully saturated rings. The van der Waals surface area contributed by atoms with E-state index in [1.165, 1.54) is 7.11 Å². The number of aromatic hydroxyl groups is 1. The summed E-state index contributed by atoms with van der Waals surface area (Å²) in [5.41, 5.74) is 7.58. The maximum absolute atomic E-state index is 11.9. The lowest BCUT2D eigenvalue weighted by molar-refractivity contribution is -0.115. The van der Waals surface area contributed by atoms with Crippen LogP contribution in [0.3, 0.4) is 0 Å². The third kappa shape index (κ3) is 3.41. The van der Waals surface area contributed by atoms with Crippen molar-refractivity contribution in [1.82, 2.24) is 0 Å². The van der Waals surface area contributed by atoms with Crippen LogP contribution in [0.15, 0.2) is 42.5 Å². The number of anilines is 2. The summed E-state index contributed by atoms with van der Waals surface area (Å²) in [6, 6.07) is 11.6. The number of hydrogen-bond acceptors (Lipinski definition) is 4. The molecule has 5 heteroatoms. The molecule has 0 radical (unpaired) electrons. The quantitative estimate of drug-likeness (QED) is 0.745. The van der Waals surface area contributed by atoms with Crippen LogP contribution in [0.1, 0.15) is 5.56 Å². The lowest BCUT2D eigenvalue weighted by Crippen LogP contribution is -2.14. The Morgan fingerprint density at radius 1 is 1.30 bits per heavy atom. The molecule has 20 heavy (non-hydrogen) atoms. The van der Waals surface area contributed by atoms with Crippen LogP contribution < -0.4 is 15.8 Å². The van der Waals surface area contributed by atoms with Gasteiger partial charge in [-0.05, 0) is 35.9 Å². The SMILES string of the molecule is COc1ccc(NC(=O)Cc2cccc(O)c2)cc1N. The van der Waals surface area contributed by atoms with E-state index in [-0.39, 0.29) is 18.1 Å². The van der Waals surface area contributed by atoms with Gasteiger partial charge in [0.15, 0.2) is 0 Å². The molecule has 0 atom stereocenters. The van der Waals surface area contributed by atoms with Crippen molar-refractivity contribution in [3.63, 3.8) is 0 Å². The fraction of sp³-hybridized carbons (Fsp3) is 0.133. The van der Waals surface area contributed by atoms with Gasteiger partial charge >= 0.3 is 0 Å². The van der Waals surface area contributed by atoms with Crippen LogP contribution in [-0.2, 0) is 11.2 Å². The van der Waals surface area contributed by atoms with E-state index in [0.717, 1.165) is 5.56 Å². The number of nitrogen functional groups attached to an aromatic ring is 1. The van der Waals surface area contributed by atoms with Gasteiger partial charge in [-0.15, -0.1) is 0 Å². The van der Waals surface area contributed by atoms with E-state index in [1.807, 2.05) is 0 Å². The van der Waals surface area contributed by atoms with Crippen molar-refractivity contribution in [2.45, 2.75) is 6.42 Å². The third-order valence-electron chi connectivity index (χ3n) is 2.79. The van der Waals surface area contributed by atoms with Crippen molar-refractivity contribution < 1.29 is 14.6 Å². The van der Waals surface area contributed by atoms with Crippen LogP contribution in [0.25, 0.3) is 0 Å². The number of carbonyl (C=O) groups is 1. The molecule has 1 amide bonds. The van der Waals surface area contributed by atoms with Crippen molar-refractivity contribution in [2.24, 2.45) is 0 Å². The Labute approximate surface area is 117 Å². The molecule has 4 N–H and O–H groups in total. The minimum absolute atomic E-state index is 0.143. The third-order valence-corrected chi connectivity index (χ3v) is 2.79. The predicted molar refractivity (Wildman–Crippen MR) is 77.8 cm³/mol. The number of phenolic OH excluding ortho intramolecular Hbond substituents is 1. The fourth-order valence-electron chi connectivity index (χ4n) is 1.87. The number of nitrogens with one attached hydrogen (secondary N) is 1. The normalized spacial score (nSPS) is 10.1. The number of nitrogens with two attached hydrogens (primary N) is 1. The van der Waals surface area contributed by atoms with Gasteiger partial charge < -0.3 is 20.9 Å². The summed E-state index contributed by atoms with van der Waals surface area (Å²) < 4.78 is 5.05. The molecule has 0 heterocycles. The second-order valence-electron chi connectivity index (χ2n) is 4.35. The highest BCUT2D eigenvalue weighted by molar-refractivity contribution is 5.93. The first-order valence-corrected chi connectivity index (χ1v) is 6.10. The van der Waals surface area contributed by atoms with Crippen LogP contribution in [0.4, 0.5) is 11.4 Å². The zero-order valence-electron chi connectivity index (χ0n) is 11.1. The van der Waals surface area contributed by atoms with E-state index in [9.17, 15) is 9.90 Å². The van der Waals surface area contributed by atoms with Gasteiger partial charge in [-0.1, -0.05) is 12.1 Å². The van der Waals surface area contributed by atoms with Crippen LogP contribution in [0.2, 0.25) is 0 Å². The molecule has 5 nitrogen and oxygen atoms in total. The molecular formula is C15H16N2O3. The Balaban J connectivity index is 2.03.